The maximum absolute atomic E-state index is 10.1. The summed E-state index contributed by atoms with van der Waals surface area (Å²) < 4.78 is 0. The first-order valence-electron chi connectivity index (χ1n) is 9.97. The summed E-state index contributed by atoms with van der Waals surface area (Å²) >= 11 is 0. The molecule has 2 aliphatic rings. The van der Waals surface area contributed by atoms with E-state index in [4.69, 9.17) is 0 Å². The number of aromatic nitrogens is 2. The van der Waals surface area contributed by atoms with Crippen LogP contribution in [0.3, 0.4) is 0 Å². The molecule has 0 bridgehead atoms. The van der Waals surface area contributed by atoms with Crippen molar-refractivity contribution < 1.29 is 0 Å². The molecule has 1 N–H and O–H groups in total. The maximum atomic E-state index is 10.1. The standard InChI is InChI=1S/C22H20N8/c1-2-30-19-9-5-4-8-16(19)27-21(30)15(12-23)20-22(29-10-6-3-7-11-29)28-18(14-25)17(13-24)26-20/h4-5,8-9,27H,2-3,6-7,10-11H2,1H3. The zero-order chi connectivity index (χ0) is 21.1. The van der Waals surface area contributed by atoms with E-state index in [1.807, 2.05) is 48.2 Å². The van der Waals surface area contributed by atoms with Gasteiger partial charge in [0.05, 0.1) is 11.4 Å². The summed E-state index contributed by atoms with van der Waals surface area (Å²) in [5.74, 6) is 1.10. The molecular weight excluding hydrogens is 376 g/mol. The molecule has 8 heteroatoms. The summed E-state index contributed by atoms with van der Waals surface area (Å²) in [6.07, 6.45) is 3.14. The Morgan fingerprint density at radius 3 is 2.40 bits per heavy atom. The summed E-state index contributed by atoms with van der Waals surface area (Å²) in [6, 6.07) is 14.0. The second kappa shape index (κ2) is 8.11. The van der Waals surface area contributed by atoms with Crippen molar-refractivity contribution in [1.29, 1.82) is 15.8 Å². The molecule has 0 atom stereocenters. The fourth-order valence-electron chi connectivity index (χ4n) is 3.95. The van der Waals surface area contributed by atoms with Gasteiger partial charge in [0.15, 0.2) is 17.2 Å². The van der Waals surface area contributed by atoms with Crippen molar-refractivity contribution in [3.63, 3.8) is 0 Å². The van der Waals surface area contributed by atoms with Crippen LogP contribution in [0.1, 0.15) is 43.3 Å². The number of nitrogens with one attached hydrogen (secondary N) is 1. The van der Waals surface area contributed by atoms with Crippen LogP contribution in [0.15, 0.2) is 30.1 Å². The molecule has 30 heavy (non-hydrogen) atoms. The quantitative estimate of drug-likeness (QED) is 0.785. The van der Waals surface area contributed by atoms with Crippen molar-refractivity contribution in [3.8, 4) is 18.2 Å². The van der Waals surface area contributed by atoms with Crippen molar-refractivity contribution in [3.05, 3.63) is 47.2 Å². The van der Waals surface area contributed by atoms with Crippen LogP contribution in [-0.4, -0.2) is 29.6 Å². The van der Waals surface area contributed by atoms with Gasteiger partial charge in [-0.1, -0.05) is 12.1 Å². The number of fused-ring (bicyclic) bond motifs is 1. The van der Waals surface area contributed by atoms with Gasteiger partial charge in [-0.05, 0) is 38.3 Å². The zero-order valence-corrected chi connectivity index (χ0v) is 16.7. The lowest BCUT2D eigenvalue weighted by Gasteiger charge is -2.29. The average molecular weight is 396 g/mol. The summed E-state index contributed by atoms with van der Waals surface area (Å²) in [4.78, 5) is 13.0. The number of hydrogen-bond donors (Lipinski definition) is 1. The lowest BCUT2D eigenvalue weighted by molar-refractivity contribution is 0.572. The molecule has 1 saturated heterocycles. The molecule has 1 fully saturated rings. The van der Waals surface area contributed by atoms with Crippen LogP contribution in [0.25, 0.3) is 5.57 Å². The lowest BCUT2D eigenvalue weighted by atomic mass is 10.1. The number of nitrogens with zero attached hydrogens (tertiary/aromatic N) is 7. The molecule has 148 valence electrons. The molecule has 0 amide bonds. The minimum atomic E-state index is -0.0693. The van der Waals surface area contributed by atoms with E-state index in [0.29, 0.717) is 29.5 Å². The third-order valence-corrected chi connectivity index (χ3v) is 5.36. The van der Waals surface area contributed by atoms with E-state index in [9.17, 15) is 15.8 Å². The van der Waals surface area contributed by atoms with E-state index in [1.54, 1.807) is 0 Å². The van der Waals surface area contributed by atoms with Gasteiger partial charge >= 0.3 is 0 Å². The van der Waals surface area contributed by atoms with Crippen molar-refractivity contribution in [1.82, 2.24) is 9.97 Å². The third kappa shape index (κ3) is 3.17. The largest absolute Gasteiger partial charge is 0.355 e. The molecule has 0 aliphatic carbocycles. The van der Waals surface area contributed by atoms with E-state index >= 15 is 0 Å². The Kier molecular flexibility index (Phi) is 5.20. The van der Waals surface area contributed by atoms with Gasteiger partial charge in [-0.25, -0.2) is 9.97 Å². The first kappa shape index (κ1) is 19.2. The summed E-state index contributed by atoms with van der Waals surface area (Å²) in [7, 11) is 0. The summed E-state index contributed by atoms with van der Waals surface area (Å²) in [5, 5.41) is 32.4. The molecule has 3 heterocycles. The van der Waals surface area contributed by atoms with Crippen LogP contribution < -0.4 is 15.1 Å². The summed E-state index contributed by atoms with van der Waals surface area (Å²) in [6.45, 7) is 4.21. The first-order valence-corrected chi connectivity index (χ1v) is 9.97. The van der Waals surface area contributed by atoms with Gasteiger partial charge in [-0.2, -0.15) is 15.8 Å². The van der Waals surface area contributed by atoms with Gasteiger partial charge in [-0.3, -0.25) is 0 Å². The molecule has 0 unspecified atom stereocenters. The van der Waals surface area contributed by atoms with Gasteiger partial charge < -0.3 is 15.1 Å². The van der Waals surface area contributed by atoms with Gasteiger partial charge in [0, 0.05) is 19.6 Å². The van der Waals surface area contributed by atoms with Gasteiger partial charge in [0.2, 0.25) is 0 Å². The van der Waals surface area contributed by atoms with E-state index in [0.717, 1.165) is 43.7 Å². The Hall–Kier alpha value is -4.09. The highest BCUT2D eigenvalue weighted by Gasteiger charge is 2.30. The van der Waals surface area contributed by atoms with Crippen LogP contribution in [0.5, 0.6) is 0 Å². The van der Waals surface area contributed by atoms with Gasteiger partial charge in [0.1, 0.15) is 35.3 Å². The Labute approximate surface area is 175 Å². The normalized spacial score (nSPS) is 16.7. The molecule has 1 aromatic heterocycles. The maximum Gasteiger partial charge on any atom is 0.179 e. The fraction of sp³-hybridized carbons (Fsp3) is 0.318. The topological polar surface area (TPSA) is 116 Å². The molecule has 1 aromatic carbocycles. The SMILES string of the molecule is CCN1C(=C(C#N)c2nc(C#N)c(C#N)nc2N2CCCCC2)Nc2ccccc21. The van der Waals surface area contributed by atoms with Crippen LogP contribution in [-0.2, 0) is 0 Å². The molecule has 2 aromatic rings. The predicted octanol–water partition coefficient (Wildman–Crippen LogP) is 3.35. The highest BCUT2D eigenvalue weighted by Crippen LogP contribution is 2.40. The molecule has 2 aliphatic heterocycles. The number of benzene rings is 1. The van der Waals surface area contributed by atoms with Gasteiger partial charge in [-0.15, -0.1) is 0 Å². The van der Waals surface area contributed by atoms with Crippen molar-refractivity contribution in [2.45, 2.75) is 26.2 Å². The number of rotatable bonds is 3. The number of hydrogen-bond acceptors (Lipinski definition) is 8. The highest BCUT2D eigenvalue weighted by atomic mass is 15.3. The average Bonchev–Trinajstić information content (AvgIpc) is 3.18. The number of nitriles is 3. The van der Waals surface area contributed by atoms with Crippen molar-refractivity contribution in [2.75, 3.05) is 34.8 Å². The Morgan fingerprint density at radius 2 is 1.73 bits per heavy atom. The minimum absolute atomic E-state index is 0.0147. The number of anilines is 3. The first-order chi connectivity index (χ1) is 14.7. The molecule has 0 radical (unpaired) electrons. The fourth-order valence-corrected chi connectivity index (χ4v) is 3.95. The van der Waals surface area contributed by atoms with E-state index in [-0.39, 0.29) is 11.4 Å². The number of para-hydroxylation sites is 2. The molecular formula is C22H20N8. The second-order valence-corrected chi connectivity index (χ2v) is 7.09. The Morgan fingerprint density at radius 1 is 1.03 bits per heavy atom. The van der Waals surface area contributed by atoms with Crippen LogP contribution in [0, 0.1) is 34.0 Å². The van der Waals surface area contributed by atoms with Crippen molar-refractivity contribution in [2.24, 2.45) is 0 Å². The van der Waals surface area contributed by atoms with Crippen LogP contribution in [0.2, 0.25) is 0 Å². The van der Waals surface area contributed by atoms with Crippen LogP contribution in [0.4, 0.5) is 17.2 Å². The third-order valence-electron chi connectivity index (χ3n) is 5.36. The highest BCUT2D eigenvalue weighted by molar-refractivity contribution is 5.93. The lowest BCUT2D eigenvalue weighted by Crippen LogP contribution is -2.32. The van der Waals surface area contributed by atoms with E-state index < -0.39 is 0 Å². The predicted molar refractivity (Wildman–Crippen MR) is 113 cm³/mol. The number of allylic oxidation sites excluding steroid dienone is 1. The molecule has 0 saturated carbocycles. The molecule has 8 nitrogen and oxygen atoms in total. The second-order valence-electron chi connectivity index (χ2n) is 7.09. The summed E-state index contributed by atoms with van der Waals surface area (Å²) in [5.41, 5.74) is 2.44. The zero-order valence-electron chi connectivity index (χ0n) is 16.7. The Balaban J connectivity index is 1.94. The van der Waals surface area contributed by atoms with Crippen molar-refractivity contribution >= 4 is 22.8 Å². The smallest absolute Gasteiger partial charge is 0.179 e. The minimum Gasteiger partial charge on any atom is -0.355 e. The van der Waals surface area contributed by atoms with Crippen LogP contribution >= 0.6 is 0 Å². The van der Waals surface area contributed by atoms with E-state index in [1.165, 1.54) is 0 Å². The van der Waals surface area contributed by atoms with E-state index in [2.05, 4.69) is 26.3 Å². The van der Waals surface area contributed by atoms with Gasteiger partial charge in [0.25, 0.3) is 0 Å². The molecule has 4 rings (SSSR count). The monoisotopic (exact) mass is 396 g/mol. The molecule has 0 spiro atoms. The number of piperidine rings is 1. The Bertz CT molecular complexity index is 1140.